The van der Waals surface area contributed by atoms with Gasteiger partial charge in [-0.3, -0.25) is 4.90 Å². The van der Waals surface area contributed by atoms with E-state index in [9.17, 15) is 9.90 Å². The topological polar surface area (TPSA) is 40.5 Å². The Balaban J connectivity index is 2.08. The molecule has 0 amide bonds. The lowest BCUT2D eigenvalue weighted by Gasteiger charge is -2.18. The molecule has 0 bridgehead atoms. The van der Waals surface area contributed by atoms with Crippen LogP contribution < -0.4 is 0 Å². The van der Waals surface area contributed by atoms with Gasteiger partial charge in [0.25, 0.3) is 0 Å². The number of carboxylic acid groups (broad SMARTS) is 1. The Morgan fingerprint density at radius 1 is 1.10 bits per heavy atom. The molecule has 3 nitrogen and oxygen atoms in total. The quantitative estimate of drug-likeness (QED) is 0.905. The van der Waals surface area contributed by atoms with Gasteiger partial charge in [0.05, 0.1) is 5.56 Å². The fourth-order valence-electron chi connectivity index (χ4n) is 2.34. The Labute approximate surface area is 119 Å². The third-order valence-corrected chi connectivity index (χ3v) is 3.22. The van der Waals surface area contributed by atoms with Crippen LogP contribution in [0.4, 0.5) is 0 Å². The molecular formula is C17H19NO2. The van der Waals surface area contributed by atoms with E-state index in [0.717, 1.165) is 12.1 Å². The largest absolute Gasteiger partial charge is 0.478 e. The summed E-state index contributed by atoms with van der Waals surface area (Å²) < 4.78 is 0. The molecule has 0 aromatic heterocycles. The molecule has 0 aliphatic rings. The molecule has 0 saturated carbocycles. The maximum atomic E-state index is 11.2. The summed E-state index contributed by atoms with van der Waals surface area (Å²) in [5.74, 6) is -0.871. The Hall–Kier alpha value is -2.13. The van der Waals surface area contributed by atoms with Gasteiger partial charge in [-0.1, -0.05) is 48.0 Å². The first-order chi connectivity index (χ1) is 9.56. The van der Waals surface area contributed by atoms with E-state index in [1.165, 1.54) is 11.1 Å². The Bertz CT molecular complexity index is 607. The smallest absolute Gasteiger partial charge is 0.336 e. The van der Waals surface area contributed by atoms with Crippen LogP contribution in [0, 0.1) is 6.92 Å². The van der Waals surface area contributed by atoms with Crippen molar-refractivity contribution < 1.29 is 9.90 Å². The molecular weight excluding hydrogens is 250 g/mol. The number of nitrogens with zero attached hydrogens (tertiary/aromatic N) is 1. The van der Waals surface area contributed by atoms with Gasteiger partial charge in [-0.2, -0.15) is 0 Å². The first kappa shape index (κ1) is 14.3. The number of hydrogen-bond acceptors (Lipinski definition) is 2. The number of carboxylic acids is 1. The molecule has 0 saturated heterocycles. The predicted octanol–water partition coefficient (Wildman–Crippen LogP) is 3.33. The van der Waals surface area contributed by atoms with Gasteiger partial charge in [0, 0.05) is 13.1 Å². The fraction of sp³-hybridized carbons (Fsp3) is 0.235. The van der Waals surface area contributed by atoms with Crippen molar-refractivity contribution >= 4 is 5.97 Å². The van der Waals surface area contributed by atoms with Crippen LogP contribution in [0.15, 0.2) is 48.5 Å². The van der Waals surface area contributed by atoms with E-state index < -0.39 is 5.97 Å². The van der Waals surface area contributed by atoms with Crippen LogP contribution >= 0.6 is 0 Å². The monoisotopic (exact) mass is 269 g/mol. The molecule has 104 valence electrons. The Morgan fingerprint density at radius 2 is 1.85 bits per heavy atom. The van der Waals surface area contributed by atoms with Gasteiger partial charge < -0.3 is 5.11 Å². The molecule has 3 heteroatoms. The number of carbonyl (C=O) groups is 1. The zero-order valence-corrected chi connectivity index (χ0v) is 11.8. The third-order valence-electron chi connectivity index (χ3n) is 3.22. The second kappa shape index (κ2) is 6.35. The molecule has 0 aliphatic carbocycles. The number of aryl methyl sites for hydroxylation is 1. The standard InChI is InChI=1S/C17H19NO2/c1-13-6-5-7-14(10-13)11-18(2)12-15-8-3-4-9-16(15)17(19)20/h3-10H,11-12H2,1-2H3,(H,19,20). The maximum Gasteiger partial charge on any atom is 0.336 e. The number of rotatable bonds is 5. The van der Waals surface area contributed by atoms with Gasteiger partial charge in [-0.05, 0) is 31.2 Å². The molecule has 20 heavy (non-hydrogen) atoms. The number of aromatic carboxylic acids is 1. The molecule has 0 fully saturated rings. The lowest BCUT2D eigenvalue weighted by molar-refractivity contribution is 0.0694. The summed E-state index contributed by atoms with van der Waals surface area (Å²) in [7, 11) is 2.00. The van der Waals surface area contributed by atoms with Crippen molar-refractivity contribution in [2.24, 2.45) is 0 Å². The van der Waals surface area contributed by atoms with Crippen molar-refractivity contribution in [3.05, 3.63) is 70.8 Å². The van der Waals surface area contributed by atoms with Gasteiger partial charge in [0.2, 0.25) is 0 Å². The second-order valence-corrected chi connectivity index (χ2v) is 5.12. The predicted molar refractivity (Wildman–Crippen MR) is 79.8 cm³/mol. The molecule has 0 unspecified atom stereocenters. The highest BCUT2D eigenvalue weighted by atomic mass is 16.4. The van der Waals surface area contributed by atoms with Crippen molar-refractivity contribution in [2.45, 2.75) is 20.0 Å². The molecule has 0 radical (unpaired) electrons. The highest BCUT2D eigenvalue weighted by Gasteiger charge is 2.10. The number of benzene rings is 2. The normalized spacial score (nSPS) is 10.8. The van der Waals surface area contributed by atoms with Crippen LogP contribution in [0.25, 0.3) is 0 Å². The van der Waals surface area contributed by atoms with E-state index in [2.05, 4.69) is 30.0 Å². The lowest BCUT2D eigenvalue weighted by Crippen LogP contribution is -2.19. The Kier molecular flexibility index (Phi) is 4.53. The molecule has 2 aromatic rings. The van der Waals surface area contributed by atoms with E-state index in [1.807, 2.05) is 25.2 Å². The van der Waals surface area contributed by atoms with Gasteiger partial charge in [0.1, 0.15) is 0 Å². The van der Waals surface area contributed by atoms with Crippen LogP contribution in [0.5, 0.6) is 0 Å². The zero-order valence-electron chi connectivity index (χ0n) is 11.8. The van der Waals surface area contributed by atoms with Crippen molar-refractivity contribution in [2.75, 3.05) is 7.05 Å². The lowest BCUT2D eigenvalue weighted by atomic mass is 10.1. The average Bonchev–Trinajstić information content (AvgIpc) is 2.38. The minimum absolute atomic E-state index is 0.378. The molecule has 0 spiro atoms. The van der Waals surface area contributed by atoms with E-state index >= 15 is 0 Å². The van der Waals surface area contributed by atoms with Crippen molar-refractivity contribution in [3.63, 3.8) is 0 Å². The van der Waals surface area contributed by atoms with E-state index in [4.69, 9.17) is 0 Å². The minimum Gasteiger partial charge on any atom is -0.478 e. The summed E-state index contributed by atoms with van der Waals surface area (Å²) in [5.41, 5.74) is 3.70. The van der Waals surface area contributed by atoms with Crippen LogP contribution in [-0.4, -0.2) is 23.0 Å². The van der Waals surface area contributed by atoms with Crippen LogP contribution in [0.3, 0.4) is 0 Å². The molecule has 2 rings (SSSR count). The third kappa shape index (κ3) is 3.68. The van der Waals surface area contributed by atoms with Gasteiger partial charge in [-0.15, -0.1) is 0 Å². The summed E-state index contributed by atoms with van der Waals surface area (Å²) in [5, 5.41) is 9.19. The molecule has 1 N–H and O–H groups in total. The molecule has 2 aromatic carbocycles. The van der Waals surface area contributed by atoms with Gasteiger partial charge in [0.15, 0.2) is 0 Å². The second-order valence-electron chi connectivity index (χ2n) is 5.12. The van der Waals surface area contributed by atoms with Crippen LogP contribution in [-0.2, 0) is 13.1 Å². The molecule has 0 aliphatic heterocycles. The summed E-state index contributed by atoms with van der Waals surface area (Å²) >= 11 is 0. The summed E-state index contributed by atoms with van der Waals surface area (Å²) in [6.45, 7) is 3.50. The van der Waals surface area contributed by atoms with Gasteiger partial charge in [-0.25, -0.2) is 4.79 Å². The fourth-order valence-corrected chi connectivity index (χ4v) is 2.34. The molecule has 0 atom stereocenters. The first-order valence-electron chi connectivity index (χ1n) is 6.61. The van der Waals surface area contributed by atoms with E-state index in [1.54, 1.807) is 12.1 Å². The van der Waals surface area contributed by atoms with Gasteiger partial charge >= 0.3 is 5.97 Å². The SMILES string of the molecule is Cc1cccc(CN(C)Cc2ccccc2C(=O)O)c1. The first-order valence-corrected chi connectivity index (χ1v) is 6.61. The van der Waals surface area contributed by atoms with E-state index in [-0.39, 0.29) is 0 Å². The summed E-state index contributed by atoms with van der Waals surface area (Å²) in [6, 6.07) is 15.5. The summed E-state index contributed by atoms with van der Waals surface area (Å²) in [6.07, 6.45) is 0. The number of hydrogen-bond donors (Lipinski definition) is 1. The average molecular weight is 269 g/mol. The summed E-state index contributed by atoms with van der Waals surface area (Å²) in [4.78, 5) is 13.3. The Morgan fingerprint density at radius 3 is 2.55 bits per heavy atom. The highest BCUT2D eigenvalue weighted by Crippen LogP contribution is 2.13. The van der Waals surface area contributed by atoms with Crippen molar-refractivity contribution in [3.8, 4) is 0 Å². The minimum atomic E-state index is -0.871. The zero-order chi connectivity index (χ0) is 14.5. The van der Waals surface area contributed by atoms with Crippen molar-refractivity contribution in [1.82, 2.24) is 4.90 Å². The van der Waals surface area contributed by atoms with Crippen molar-refractivity contribution in [1.29, 1.82) is 0 Å². The van der Waals surface area contributed by atoms with E-state index in [0.29, 0.717) is 12.1 Å². The van der Waals surface area contributed by atoms with Crippen LogP contribution in [0.2, 0.25) is 0 Å². The molecule has 0 heterocycles. The maximum absolute atomic E-state index is 11.2. The van der Waals surface area contributed by atoms with Crippen LogP contribution in [0.1, 0.15) is 27.0 Å². The highest BCUT2D eigenvalue weighted by molar-refractivity contribution is 5.89.